The maximum absolute atomic E-state index is 15.9. The summed E-state index contributed by atoms with van der Waals surface area (Å²) >= 11 is 0. The Balaban J connectivity index is 1.52. The number of allylic oxidation sites excluding steroid dienone is 2. The molecule has 224 valence electrons. The summed E-state index contributed by atoms with van der Waals surface area (Å²) < 4.78 is 0. The number of amides is 2. The highest BCUT2D eigenvalue weighted by molar-refractivity contribution is 6.35. The summed E-state index contributed by atoms with van der Waals surface area (Å²) in [5.41, 5.74) is 5.21. The van der Waals surface area contributed by atoms with Crippen molar-refractivity contribution in [1.29, 1.82) is 0 Å². The average molecular weight is 600 g/mol. The van der Waals surface area contributed by atoms with Gasteiger partial charge in [0.25, 0.3) is 0 Å². The third-order valence-electron chi connectivity index (χ3n) is 10.4. The highest BCUT2D eigenvalue weighted by Crippen LogP contribution is 2.74. The quantitative estimate of drug-likeness (QED) is 0.190. The predicted molar refractivity (Wildman–Crippen MR) is 179 cm³/mol. The van der Waals surface area contributed by atoms with E-state index in [2.05, 4.69) is 48.5 Å². The van der Waals surface area contributed by atoms with Gasteiger partial charge in [-0.3, -0.25) is 19.3 Å². The number of carbonyl (C=O) groups excluding carboxylic acids is 3. The lowest BCUT2D eigenvalue weighted by Gasteiger charge is -2.39. The molecule has 4 heteroatoms. The molecule has 5 aromatic rings. The molecule has 0 spiro atoms. The number of hydrogen-bond acceptors (Lipinski definition) is 3. The van der Waals surface area contributed by atoms with Crippen molar-refractivity contribution in [3.05, 3.63) is 178 Å². The molecule has 1 saturated heterocycles. The van der Waals surface area contributed by atoms with Crippen LogP contribution in [0.5, 0.6) is 0 Å². The number of rotatable bonds is 6. The number of carbonyl (C=O) groups is 3. The van der Waals surface area contributed by atoms with Crippen molar-refractivity contribution in [2.45, 2.75) is 31.2 Å². The van der Waals surface area contributed by atoms with E-state index in [0.29, 0.717) is 0 Å². The SMILES string of the molecule is Cc1ccc(C2=C(c3ccc(C)cc3)[C@@]3(c4ccccc4)C(=O)[C@@]2(c2ccccc2)[C@@H]2C(=O)N(Cc4ccccc4)C(=O)[C@@H]23)cc1. The third-order valence-corrected chi connectivity index (χ3v) is 10.4. The lowest BCUT2D eigenvalue weighted by Crippen LogP contribution is -2.45. The van der Waals surface area contributed by atoms with E-state index in [1.165, 1.54) is 4.90 Å². The first kappa shape index (κ1) is 28.1. The fourth-order valence-corrected chi connectivity index (χ4v) is 8.54. The van der Waals surface area contributed by atoms with E-state index < -0.39 is 22.7 Å². The van der Waals surface area contributed by atoms with Crippen LogP contribution in [0.3, 0.4) is 0 Å². The Morgan fingerprint density at radius 2 is 0.870 bits per heavy atom. The van der Waals surface area contributed by atoms with Crippen LogP contribution in [-0.4, -0.2) is 22.5 Å². The molecule has 2 amide bonds. The Hall–Kier alpha value is -5.35. The van der Waals surface area contributed by atoms with Gasteiger partial charge in [0.05, 0.1) is 29.2 Å². The second-order valence-corrected chi connectivity index (χ2v) is 12.9. The average Bonchev–Trinajstić information content (AvgIpc) is 3.59. The van der Waals surface area contributed by atoms with Gasteiger partial charge < -0.3 is 0 Å². The van der Waals surface area contributed by atoms with Gasteiger partial charge in [0, 0.05) is 0 Å². The van der Waals surface area contributed by atoms with Crippen LogP contribution in [-0.2, 0) is 31.8 Å². The number of Topliss-reactive ketones (excluding diaryl/α,β-unsaturated/α-hetero) is 1. The standard InChI is InChI=1S/C42H33NO3/c1-27-18-22-30(23-19-27)34-35(31-24-20-28(2)21-25-31)42(33-16-10-5-11-17-33)37-36(41(34,40(42)46)32-14-8-4-9-15-32)38(44)43(39(37)45)26-29-12-6-3-7-13-29/h3-25,36-37H,26H2,1-2H3/t36-,37+,41-,42-/m1/s1. The second-order valence-electron chi connectivity index (χ2n) is 12.9. The Morgan fingerprint density at radius 1 is 0.500 bits per heavy atom. The zero-order chi connectivity index (χ0) is 31.6. The van der Waals surface area contributed by atoms with Gasteiger partial charge in [-0.25, -0.2) is 0 Å². The summed E-state index contributed by atoms with van der Waals surface area (Å²) in [6.07, 6.45) is 0. The van der Waals surface area contributed by atoms with Gasteiger partial charge in [0.2, 0.25) is 11.8 Å². The summed E-state index contributed by atoms with van der Waals surface area (Å²) in [5, 5.41) is 0. The number of nitrogens with zero attached hydrogens (tertiary/aromatic N) is 1. The first-order chi connectivity index (χ1) is 22.4. The van der Waals surface area contributed by atoms with E-state index in [9.17, 15) is 9.59 Å². The first-order valence-corrected chi connectivity index (χ1v) is 15.8. The second kappa shape index (κ2) is 10.3. The highest BCUT2D eigenvalue weighted by Gasteiger charge is 2.82. The van der Waals surface area contributed by atoms with E-state index in [4.69, 9.17) is 0 Å². The van der Waals surface area contributed by atoms with Gasteiger partial charge in [-0.2, -0.15) is 0 Å². The molecular weight excluding hydrogens is 566 g/mol. The first-order valence-electron chi connectivity index (χ1n) is 15.8. The van der Waals surface area contributed by atoms with Crippen molar-refractivity contribution in [2.24, 2.45) is 11.8 Å². The predicted octanol–water partition coefficient (Wildman–Crippen LogP) is 7.49. The van der Waals surface area contributed by atoms with Crippen molar-refractivity contribution in [3.8, 4) is 0 Å². The van der Waals surface area contributed by atoms with Crippen LogP contribution in [0.15, 0.2) is 140 Å². The highest BCUT2D eigenvalue weighted by atomic mass is 16.2. The summed E-state index contributed by atoms with van der Waals surface area (Å²) in [5.74, 6) is -2.48. The molecule has 8 rings (SSSR count). The minimum atomic E-state index is -1.38. The van der Waals surface area contributed by atoms with Crippen molar-refractivity contribution in [2.75, 3.05) is 0 Å². The van der Waals surface area contributed by atoms with Crippen molar-refractivity contribution < 1.29 is 14.4 Å². The minimum absolute atomic E-state index is 0.0976. The minimum Gasteiger partial charge on any atom is -0.297 e. The zero-order valence-corrected chi connectivity index (χ0v) is 25.8. The Morgan fingerprint density at radius 3 is 1.26 bits per heavy atom. The van der Waals surface area contributed by atoms with E-state index in [1.54, 1.807) is 0 Å². The smallest absolute Gasteiger partial charge is 0.235 e. The molecule has 5 aromatic carbocycles. The maximum atomic E-state index is 15.9. The molecule has 1 heterocycles. The number of likely N-dealkylation sites (tertiary alicyclic amines) is 1. The molecule has 0 aromatic heterocycles. The normalized spacial score (nSPS) is 25.0. The molecular formula is C42H33NO3. The molecule has 0 N–H and O–H groups in total. The summed E-state index contributed by atoms with van der Waals surface area (Å²) in [7, 11) is 0. The molecule has 0 unspecified atom stereocenters. The van der Waals surface area contributed by atoms with E-state index in [0.717, 1.165) is 50.1 Å². The molecule has 4 nitrogen and oxygen atoms in total. The Bertz CT molecular complexity index is 1900. The van der Waals surface area contributed by atoms with Gasteiger partial charge in [0.15, 0.2) is 5.78 Å². The molecule has 4 atom stereocenters. The van der Waals surface area contributed by atoms with Gasteiger partial charge in [-0.05, 0) is 52.8 Å². The van der Waals surface area contributed by atoms with E-state index in [-0.39, 0.29) is 24.1 Å². The number of imide groups is 1. The van der Waals surface area contributed by atoms with Gasteiger partial charge in [-0.15, -0.1) is 0 Å². The third kappa shape index (κ3) is 3.64. The summed E-state index contributed by atoms with van der Waals surface area (Å²) in [4.78, 5) is 47.2. The van der Waals surface area contributed by atoms with Crippen LogP contribution in [0.25, 0.3) is 11.1 Å². The van der Waals surface area contributed by atoms with Crippen LogP contribution in [0.2, 0.25) is 0 Å². The molecule has 2 fully saturated rings. The van der Waals surface area contributed by atoms with Crippen LogP contribution in [0, 0.1) is 25.7 Å². The van der Waals surface area contributed by atoms with Gasteiger partial charge in [-0.1, -0.05) is 151 Å². The number of fused-ring (bicyclic) bond motifs is 5. The Kier molecular flexibility index (Phi) is 6.33. The number of ketones is 1. The molecule has 0 radical (unpaired) electrons. The number of aryl methyl sites for hydroxylation is 2. The number of hydrogen-bond donors (Lipinski definition) is 0. The lowest BCUT2D eigenvalue weighted by molar-refractivity contribution is -0.143. The van der Waals surface area contributed by atoms with Crippen LogP contribution in [0.4, 0.5) is 0 Å². The summed E-state index contributed by atoms with van der Waals surface area (Å²) in [6, 6.07) is 45.5. The van der Waals surface area contributed by atoms with Crippen LogP contribution in [0.1, 0.15) is 38.9 Å². The van der Waals surface area contributed by atoms with Crippen molar-refractivity contribution >= 4 is 28.7 Å². The fourth-order valence-electron chi connectivity index (χ4n) is 8.54. The van der Waals surface area contributed by atoms with E-state index >= 15 is 4.79 Å². The molecule has 1 saturated carbocycles. The van der Waals surface area contributed by atoms with E-state index in [1.807, 2.05) is 105 Å². The lowest BCUT2D eigenvalue weighted by atomic mass is 9.59. The largest absolute Gasteiger partial charge is 0.297 e. The van der Waals surface area contributed by atoms with Gasteiger partial charge in [0.1, 0.15) is 0 Å². The molecule has 2 aliphatic carbocycles. The van der Waals surface area contributed by atoms with Crippen LogP contribution >= 0.6 is 0 Å². The molecule has 2 bridgehead atoms. The monoisotopic (exact) mass is 599 g/mol. The molecule has 3 aliphatic rings. The topological polar surface area (TPSA) is 54.5 Å². The maximum Gasteiger partial charge on any atom is 0.235 e. The van der Waals surface area contributed by atoms with Crippen molar-refractivity contribution in [1.82, 2.24) is 4.90 Å². The van der Waals surface area contributed by atoms with Crippen molar-refractivity contribution in [3.63, 3.8) is 0 Å². The Labute approximate surface area is 269 Å². The van der Waals surface area contributed by atoms with Crippen LogP contribution < -0.4 is 0 Å². The number of benzene rings is 5. The van der Waals surface area contributed by atoms with Gasteiger partial charge >= 0.3 is 0 Å². The fraction of sp³-hybridized carbons (Fsp3) is 0.167. The molecule has 46 heavy (non-hydrogen) atoms. The molecule has 1 aliphatic heterocycles. The summed E-state index contributed by atoms with van der Waals surface area (Å²) in [6.45, 7) is 4.25. The zero-order valence-electron chi connectivity index (χ0n) is 25.8.